The van der Waals surface area contributed by atoms with Crippen LogP contribution in [0.4, 0.5) is 8.78 Å². The van der Waals surface area contributed by atoms with Gasteiger partial charge in [-0.3, -0.25) is 19.2 Å². The third kappa shape index (κ3) is 4.24. The number of benzene rings is 2. The van der Waals surface area contributed by atoms with E-state index in [-0.39, 0.29) is 42.8 Å². The lowest BCUT2D eigenvalue weighted by atomic mass is 9.68. The third-order valence-electron chi connectivity index (χ3n) is 6.78. The average Bonchev–Trinajstić information content (AvgIpc) is 3.16. The second kappa shape index (κ2) is 8.82. The fourth-order valence-corrected chi connectivity index (χ4v) is 4.71. The summed E-state index contributed by atoms with van der Waals surface area (Å²) in [5.41, 5.74) is -0.0164. The molecule has 2 aliphatic rings. The summed E-state index contributed by atoms with van der Waals surface area (Å²) in [4.78, 5) is 53.8. The van der Waals surface area contributed by atoms with Crippen molar-refractivity contribution in [1.82, 2.24) is 14.5 Å². The van der Waals surface area contributed by atoms with Gasteiger partial charge < -0.3 is 14.5 Å². The van der Waals surface area contributed by atoms with Crippen LogP contribution in [0.5, 0.6) is 0 Å². The second-order valence-corrected chi connectivity index (χ2v) is 9.59. The summed E-state index contributed by atoms with van der Waals surface area (Å²) in [6.45, 7) is 0.0434. The number of hydrogen-bond acceptors (Lipinski definition) is 4. The summed E-state index contributed by atoms with van der Waals surface area (Å²) in [6.07, 6.45) is 0.372. The van der Waals surface area contributed by atoms with Crippen LogP contribution in [-0.2, 0) is 33.4 Å². The first-order valence-corrected chi connectivity index (χ1v) is 11.4. The van der Waals surface area contributed by atoms with Crippen LogP contribution in [0.3, 0.4) is 0 Å². The number of carbonyl (C=O) groups excluding carboxylic acids is 4. The Labute approximate surface area is 208 Å². The molecule has 0 aliphatic carbocycles. The van der Waals surface area contributed by atoms with E-state index in [1.807, 2.05) is 0 Å². The minimum absolute atomic E-state index is 0.100. The van der Waals surface area contributed by atoms with Crippen molar-refractivity contribution in [3.05, 3.63) is 69.7 Å². The van der Waals surface area contributed by atoms with Gasteiger partial charge in [0.2, 0.25) is 27.8 Å². The fraction of sp³-hybridized carbons (Fsp3) is 0.273. The van der Waals surface area contributed by atoms with Gasteiger partial charge >= 0.3 is 5.92 Å². The van der Waals surface area contributed by atoms with Crippen molar-refractivity contribution < 1.29 is 28.0 Å². The lowest BCUT2D eigenvalue weighted by Crippen LogP contribution is -2.64. The normalized spacial score (nSPS) is 20.3. The molecule has 2 heterocycles. The van der Waals surface area contributed by atoms with Crippen LogP contribution in [0.25, 0.3) is 0 Å². The van der Waals surface area contributed by atoms with Gasteiger partial charge in [0.05, 0.1) is 5.44 Å². The first kappa shape index (κ1) is 25.0. The first-order chi connectivity index (χ1) is 16.4. The van der Waals surface area contributed by atoms with Gasteiger partial charge in [-0.15, -0.1) is 0 Å². The molecule has 13 heteroatoms. The molecule has 178 valence electrons. The summed E-state index contributed by atoms with van der Waals surface area (Å²) >= 11 is 5.75. The van der Waals surface area contributed by atoms with E-state index in [4.69, 9.17) is 11.6 Å². The molecule has 2 aliphatic heterocycles. The van der Waals surface area contributed by atoms with E-state index in [9.17, 15) is 28.0 Å². The van der Waals surface area contributed by atoms with E-state index in [1.54, 1.807) is 26.0 Å². The van der Waals surface area contributed by atoms with Crippen LogP contribution >= 0.6 is 11.6 Å². The van der Waals surface area contributed by atoms with Crippen LogP contribution in [0.2, 0.25) is 5.02 Å². The van der Waals surface area contributed by atoms with Crippen LogP contribution in [0.1, 0.15) is 39.9 Å². The first-order valence-electron chi connectivity index (χ1n) is 11.0. The topological polar surface area (TPSA) is 78.0 Å². The fourth-order valence-electron chi connectivity index (χ4n) is 4.59. The van der Waals surface area contributed by atoms with Crippen molar-refractivity contribution in [1.29, 1.82) is 0 Å². The summed E-state index contributed by atoms with van der Waals surface area (Å²) in [5.74, 6) is -6.16. The van der Waals surface area contributed by atoms with Gasteiger partial charge in [0.1, 0.15) is 7.85 Å². The molecule has 1 atom stereocenters. The molecule has 2 aromatic carbocycles. The Balaban J connectivity index is 1.51. The van der Waals surface area contributed by atoms with Crippen LogP contribution in [-0.4, -0.2) is 67.4 Å². The van der Waals surface area contributed by atoms with Crippen LogP contribution in [0, 0.1) is 0 Å². The van der Waals surface area contributed by atoms with Crippen molar-refractivity contribution in [2.24, 2.45) is 0 Å². The lowest BCUT2D eigenvalue weighted by molar-refractivity contribution is -0.154. The number of hydrogen-bond donors (Lipinski definition) is 0. The molecular formula is C22H21B3ClF2N3O4. The largest absolute Gasteiger partial charge is 0.384 e. The number of piperidine rings is 1. The van der Waals surface area contributed by atoms with E-state index < -0.39 is 28.7 Å². The Hall–Kier alpha value is -3.14. The zero-order chi connectivity index (χ0) is 25.7. The maximum absolute atomic E-state index is 14.8. The summed E-state index contributed by atoms with van der Waals surface area (Å²) < 4.78 is 29.5. The molecule has 0 spiro atoms. The molecule has 2 aromatic rings. The minimum Gasteiger partial charge on any atom is -0.384 e. The Bertz CT molecular complexity index is 1250. The molecule has 0 unspecified atom stereocenters. The van der Waals surface area contributed by atoms with Gasteiger partial charge in [0, 0.05) is 35.7 Å². The number of fused-ring (bicyclic) bond motifs is 1. The zero-order valence-corrected chi connectivity index (χ0v) is 20.2. The standard InChI is InChI=1S/C22H21B3ClF2N3O4/c23-21(8-7-17(32)31(25)19(21)34)29-11-13-9-12(1-6-16(13)18(29)33)10-30(24)20(35)22(27,28)14-2-4-15(26)5-3-14/h1-6,9H,7-8,10-11,23-25H2/t21-/m1/s1. The predicted molar refractivity (Wildman–Crippen MR) is 132 cm³/mol. The number of nitrogens with zero attached hydrogens (tertiary/aromatic N) is 3. The SMILES string of the molecule is BN(Cc1ccc2c(c1)CN([C@]1(B)CCC(=O)N(B)C1=O)C2=O)C(=O)C(F)(F)c1ccc(Cl)cc1. The Morgan fingerprint density at radius 1 is 1.14 bits per heavy atom. The van der Waals surface area contributed by atoms with Gasteiger partial charge in [-0.25, -0.2) is 0 Å². The molecule has 0 saturated carbocycles. The highest BCUT2D eigenvalue weighted by atomic mass is 35.5. The van der Waals surface area contributed by atoms with E-state index in [0.717, 1.165) is 21.8 Å². The van der Waals surface area contributed by atoms with Crippen molar-refractivity contribution in [2.45, 2.75) is 37.3 Å². The Kier molecular flexibility index (Phi) is 6.29. The Morgan fingerprint density at radius 3 is 2.46 bits per heavy atom. The maximum Gasteiger partial charge on any atom is 0.348 e. The zero-order valence-electron chi connectivity index (χ0n) is 19.5. The molecule has 0 aromatic heterocycles. The van der Waals surface area contributed by atoms with Crippen LogP contribution < -0.4 is 0 Å². The molecule has 7 nitrogen and oxygen atoms in total. The monoisotopic (exact) mass is 497 g/mol. The smallest absolute Gasteiger partial charge is 0.348 e. The molecular weight excluding hydrogens is 476 g/mol. The molecule has 0 N–H and O–H groups in total. The van der Waals surface area contributed by atoms with Crippen molar-refractivity contribution >= 4 is 59.0 Å². The lowest BCUT2D eigenvalue weighted by Gasteiger charge is -2.43. The molecule has 4 amide bonds. The number of carbonyl (C=O) groups is 4. The number of rotatable bonds is 5. The van der Waals surface area contributed by atoms with Gasteiger partial charge in [-0.05, 0) is 35.7 Å². The minimum atomic E-state index is -3.73. The number of amides is 4. The second-order valence-electron chi connectivity index (χ2n) is 9.16. The highest BCUT2D eigenvalue weighted by Crippen LogP contribution is 2.35. The van der Waals surface area contributed by atoms with E-state index in [0.29, 0.717) is 16.7 Å². The third-order valence-corrected chi connectivity index (χ3v) is 7.03. The average molecular weight is 497 g/mol. The maximum atomic E-state index is 14.8. The Morgan fingerprint density at radius 2 is 1.80 bits per heavy atom. The number of imide groups is 1. The summed E-state index contributed by atoms with van der Waals surface area (Å²) in [6, 6.07) is 9.69. The molecule has 1 fully saturated rings. The summed E-state index contributed by atoms with van der Waals surface area (Å²) in [7, 11) is 4.33. The highest BCUT2D eigenvalue weighted by Gasteiger charge is 2.50. The molecule has 4 rings (SSSR count). The number of halogens is 3. The quantitative estimate of drug-likeness (QED) is 0.431. The van der Waals surface area contributed by atoms with Gasteiger partial charge in [-0.2, -0.15) is 8.78 Å². The van der Waals surface area contributed by atoms with E-state index >= 15 is 0 Å². The molecule has 35 heavy (non-hydrogen) atoms. The highest BCUT2D eigenvalue weighted by molar-refractivity contribution is 6.38. The summed E-state index contributed by atoms with van der Waals surface area (Å²) in [5, 5.41) is 0.286. The molecule has 1 saturated heterocycles. The predicted octanol–water partition coefficient (Wildman–Crippen LogP) is -0.00900. The molecule has 0 radical (unpaired) electrons. The van der Waals surface area contributed by atoms with Crippen LogP contribution in [0.15, 0.2) is 42.5 Å². The number of alkyl halides is 2. The van der Waals surface area contributed by atoms with Crippen molar-refractivity contribution in [3.63, 3.8) is 0 Å². The molecule has 0 bridgehead atoms. The van der Waals surface area contributed by atoms with Crippen molar-refractivity contribution in [2.75, 3.05) is 0 Å². The van der Waals surface area contributed by atoms with Gasteiger partial charge in [0.25, 0.3) is 11.8 Å². The van der Waals surface area contributed by atoms with E-state index in [1.165, 1.54) is 33.0 Å². The van der Waals surface area contributed by atoms with Gasteiger partial charge in [-0.1, -0.05) is 35.9 Å². The van der Waals surface area contributed by atoms with Gasteiger partial charge in [0.15, 0.2) is 0 Å². The van der Waals surface area contributed by atoms with E-state index in [2.05, 4.69) is 0 Å². The van der Waals surface area contributed by atoms with Crippen molar-refractivity contribution in [3.8, 4) is 0 Å².